The number of fused-ring (bicyclic) bond motifs is 2. The molecule has 0 saturated carbocycles. The minimum Gasteiger partial charge on any atom is -0.489 e. The van der Waals surface area contributed by atoms with E-state index in [-0.39, 0.29) is 18.4 Å². The molecule has 0 saturated heterocycles. The lowest BCUT2D eigenvalue weighted by Crippen LogP contribution is -2.33. The minimum absolute atomic E-state index is 0.0495. The number of carboxylic acids is 1. The van der Waals surface area contributed by atoms with Crippen LogP contribution >= 0.6 is 0 Å². The molecule has 5 rings (SSSR count). The van der Waals surface area contributed by atoms with Crippen molar-refractivity contribution in [3.63, 3.8) is 0 Å². The maximum atomic E-state index is 14.8. The van der Waals surface area contributed by atoms with Gasteiger partial charge in [0.1, 0.15) is 23.2 Å². The Bertz CT molecular complexity index is 1630. The summed E-state index contributed by atoms with van der Waals surface area (Å²) in [4.78, 5) is 23.2. The molecule has 4 aromatic rings. The van der Waals surface area contributed by atoms with Crippen LogP contribution in [0.15, 0.2) is 48.5 Å². The molecule has 0 amide bonds. The van der Waals surface area contributed by atoms with Crippen molar-refractivity contribution >= 4 is 23.5 Å². The van der Waals surface area contributed by atoms with Crippen molar-refractivity contribution in [2.75, 3.05) is 6.54 Å². The third-order valence-corrected chi connectivity index (χ3v) is 8.43. The number of hydrogen-bond acceptors (Lipinski definition) is 6. The van der Waals surface area contributed by atoms with Gasteiger partial charge in [0.05, 0.1) is 10.9 Å². The maximum absolute atomic E-state index is 14.8. The van der Waals surface area contributed by atoms with E-state index in [0.717, 1.165) is 45.3 Å². The van der Waals surface area contributed by atoms with E-state index in [1.54, 1.807) is 24.6 Å². The molecule has 1 aromatic heterocycles. The molecule has 0 bridgehead atoms. The summed E-state index contributed by atoms with van der Waals surface area (Å²) < 4.78 is 22.7. The van der Waals surface area contributed by atoms with Crippen molar-refractivity contribution in [2.45, 2.75) is 66.2 Å². The van der Waals surface area contributed by atoms with Crippen LogP contribution in [0.5, 0.6) is 5.75 Å². The van der Waals surface area contributed by atoms with Gasteiger partial charge < -0.3 is 14.9 Å². The molecule has 2 N–H and O–H groups in total. The van der Waals surface area contributed by atoms with Crippen LogP contribution in [0.3, 0.4) is 0 Å². The topological polar surface area (TPSA) is 118 Å². The van der Waals surface area contributed by atoms with E-state index in [9.17, 15) is 14.3 Å². The monoisotopic (exact) mass is 590 g/mol. The molecule has 0 spiro atoms. The van der Waals surface area contributed by atoms with Gasteiger partial charge in [0.25, 0.3) is 6.47 Å². The number of rotatable bonds is 7. The molecule has 0 fully saturated rings. The predicted octanol–water partition coefficient (Wildman–Crippen LogP) is 5.84. The second-order valence-electron chi connectivity index (χ2n) is 11.6. The van der Waals surface area contributed by atoms with Crippen molar-refractivity contribution in [2.24, 2.45) is 12.5 Å². The number of halogens is 1. The number of hydrogen-bond donors (Lipinski definition) is 2. The van der Waals surface area contributed by atoms with Crippen LogP contribution < -0.4 is 4.74 Å². The Morgan fingerprint density at radius 3 is 2.60 bits per heavy atom. The van der Waals surface area contributed by atoms with E-state index in [1.807, 2.05) is 38.2 Å². The molecule has 3 aromatic carbocycles. The molecule has 0 radical (unpaired) electrons. The average Bonchev–Trinajstić information content (AvgIpc) is 3.23. The molecule has 228 valence electrons. The molecule has 1 aliphatic rings. The van der Waals surface area contributed by atoms with Gasteiger partial charge in [0.15, 0.2) is 0 Å². The largest absolute Gasteiger partial charge is 0.489 e. The van der Waals surface area contributed by atoms with Crippen LogP contribution in [0.25, 0.3) is 11.0 Å². The second-order valence-corrected chi connectivity index (χ2v) is 11.6. The van der Waals surface area contributed by atoms with Crippen LogP contribution in [-0.2, 0) is 29.7 Å². The summed E-state index contributed by atoms with van der Waals surface area (Å²) >= 11 is 0. The van der Waals surface area contributed by atoms with Crippen molar-refractivity contribution in [1.29, 1.82) is 0 Å². The fourth-order valence-electron chi connectivity index (χ4n) is 5.88. The summed E-state index contributed by atoms with van der Waals surface area (Å²) in [6, 6.07) is 15.2. The van der Waals surface area contributed by atoms with Crippen LogP contribution in [-0.4, -0.2) is 55.2 Å². The summed E-state index contributed by atoms with van der Waals surface area (Å²) in [7, 11) is 1.85. The molecule has 0 aliphatic carbocycles. The van der Waals surface area contributed by atoms with Crippen molar-refractivity contribution in [3.05, 3.63) is 87.7 Å². The zero-order valence-electron chi connectivity index (χ0n) is 25.5. The van der Waals surface area contributed by atoms with Crippen LogP contribution in [0.4, 0.5) is 4.39 Å². The third kappa shape index (κ3) is 6.39. The van der Waals surface area contributed by atoms with Gasteiger partial charge in [-0.15, -0.1) is 5.10 Å². The first kappa shape index (κ1) is 31.6. The first-order valence-electron chi connectivity index (χ1n) is 14.3. The van der Waals surface area contributed by atoms with Crippen molar-refractivity contribution in [3.8, 4) is 5.75 Å². The highest BCUT2D eigenvalue weighted by molar-refractivity contribution is 5.81. The van der Waals surface area contributed by atoms with Crippen LogP contribution in [0, 0.1) is 25.1 Å². The molecule has 1 aliphatic heterocycles. The first-order valence-corrected chi connectivity index (χ1v) is 14.3. The number of carbonyl (C=O) groups is 2. The van der Waals surface area contributed by atoms with Crippen molar-refractivity contribution < 1.29 is 28.9 Å². The molecule has 2 atom stereocenters. The molecule has 2 heterocycles. The van der Waals surface area contributed by atoms with Gasteiger partial charge in [-0.2, -0.15) is 0 Å². The molecule has 43 heavy (non-hydrogen) atoms. The summed E-state index contributed by atoms with van der Waals surface area (Å²) in [5.74, 6) is -0.952. The number of aryl methyl sites for hydroxylation is 3. The van der Waals surface area contributed by atoms with Crippen molar-refractivity contribution in [1.82, 2.24) is 19.9 Å². The summed E-state index contributed by atoms with van der Waals surface area (Å²) in [6.07, 6.45) is 0.761. The summed E-state index contributed by atoms with van der Waals surface area (Å²) in [5.41, 5.74) is 6.09. The average molecular weight is 591 g/mol. The fourth-order valence-corrected chi connectivity index (χ4v) is 5.88. The van der Waals surface area contributed by atoms with Gasteiger partial charge in [0.2, 0.25) is 0 Å². The number of ether oxygens (including phenoxy) is 1. The lowest BCUT2D eigenvalue weighted by Gasteiger charge is -2.33. The molecular formula is C33H39FN4O5. The smallest absolute Gasteiger partial charge is 0.310 e. The Labute approximate surface area is 250 Å². The number of benzene rings is 3. The zero-order valence-corrected chi connectivity index (χ0v) is 25.5. The van der Waals surface area contributed by atoms with Gasteiger partial charge in [0, 0.05) is 38.2 Å². The Kier molecular flexibility index (Phi) is 9.49. The SMILES string of the molecule is CC[C@@H]1CN(Cc2cc(C(c3ccc4c(nnn4C)c3C)C(C)(C)C(=O)O)ccc2C)Cc2c(F)cccc2O1.O=CO. The number of carboxylic acid groups (broad SMARTS) is 2. The normalized spacial score (nSPS) is 15.9. The van der Waals surface area contributed by atoms with Gasteiger partial charge in [-0.25, -0.2) is 9.07 Å². The lowest BCUT2D eigenvalue weighted by atomic mass is 9.69. The third-order valence-electron chi connectivity index (χ3n) is 8.43. The number of nitrogens with zero attached hydrogens (tertiary/aromatic N) is 4. The Hall–Kier alpha value is -4.31. The Morgan fingerprint density at radius 1 is 1.21 bits per heavy atom. The Morgan fingerprint density at radius 2 is 1.93 bits per heavy atom. The van der Waals surface area contributed by atoms with E-state index in [1.165, 1.54) is 6.07 Å². The highest BCUT2D eigenvalue weighted by Gasteiger charge is 2.40. The van der Waals surface area contributed by atoms with Crippen LogP contribution in [0.1, 0.15) is 66.5 Å². The van der Waals surface area contributed by atoms with Crippen LogP contribution in [0.2, 0.25) is 0 Å². The predicted molar refractivity (Wildman–Crippen MR) is 162 cm³/mol. The van der Waals surface area contributed by atoms with Gasteiger partial charge in [-0.05, 0) is 80.1 Å². The summed E-state index contributed by atoms with van der Waals surface area (Å²) in [6.45, 7) is 11.1. The minimum atomic E-state index is -1.10. The van der Waals surface area contributed by atoms with Gasteiger partial charge in [-0.3, -0.25) is 14.5 Å². The van der Waals surface area contributed by atoms with Gasteiger partial charge in [-0.1, -0.05) is 42.5 Å². The highest BCUT2D eigenvalue weighted by atomic mass is 19.1. The maximum Gasteiger partial charge on any atom is 0.310 e. The number of aliphatic carboxylic acids is 1. The van der Waals surface area contributed by atoms with E-state index in [0.29, 0.717) is 30.9 Å². The molecular weight excluding hydrogens is 551 g/mol. The van der Waals surface area contributed by atoms with E-state index in [4.69, 9.17) is 14.6 Å². The lowest BCUT2D eigenvalue weighted by molar-refractivity contribution is -0.147. The second kappa shape index (κ2) is 12.9. The van der Waals surface area contributed by atoms with E-state index >= 15 is 0 Å². The quantitative estimate of drug-likeness (QED) is 0.258. The first-order chi connectivity index (χ1) is 20.4. The van der Waals surface area contributed by atoms with E-state index in [2.05, 4.69) is 41.2 Å². The molecule has 10 heteroatoms. The molecule has 1 unspecified atom stereocenters. The highest BCUT2D eigenvalue weighted by Crippen LogP contribution is 2.44. The zero-order chi connectivity index (χ0) is 31.5. The fraction of sp³-hybridized carbons (Fsp3) is 0.394. The Balaban J connectivity index is 0.00000135. The standard InChI is InChI=1S/C32H37FN4O3.CH2O2/c1-7-23-17-37(18-25-26(33)9-8-10-28(25)40-23)16-22-15-21(12-11-19(22)2)29(32(4,5)31(38)39)24-13-14-27-30(20(24)3)34-35-36(27)6;2-1-3/h8-15,23,29H,7,16-18H2,1-6H3,(H,38,39);1H,(H,2,3)/t23-,29?;/m1./s1. The number of aromatic nitrogens is 3. The van der Waals surface area contributed by atoms with Gasteiger partial charge >= 0.3 is 5.97 Å². The summed E-state index contributed by atoms with van der Waals surface area (Å²) in [5, 5.41) is 25.8. The van der Waals surface area contributed by atoms with E-state index < -0.39 is 17.3 Å². The molecule has 9 nitrogen and oxygen atoms in total.